The normalized spacial score (nSPS) is 12.5. The van der Waals surface area contributed by atoms with Crippen LogP contribution in [0.25, 0.3) is 11.1 Å². The number of alkyl halides is 2. The Bertz CT molecular complexity index is 1340. The van der Waals surface area contributed by atoms with Crippen molar-refractivity contribution in [2.45, 2.75) is 82.9 Å². The number of halogens is 2. The number of aryl methyl sites for hydroxylation is 2. The second kappa shape index (κ2) is 16.7. The maximum atomic E-state index is 13.4. The molecule has 0 aliphatic carbocycles. The third-order valence-corrected chi connectivity index (χ3v) is 9.76. The fraction of sp³-hybridized carbons (Fsp3) is 0.533. The molecule has 0 radical (unpaired) electrons. The monoisotopic (exact) mass is 666 g/mol. The molecule has 9 nitrogen and oxygen atoms in total. The molecule has 2 aromatic heterocycles. The van der Waals surface area contributed by atoms with Crippen molar-refractivity contribution < 1.29 is 14.3 Å². The summed E-state index contributed by atoms with van der Waals surface area (Å²) >= 11 is 13.5. The van der Waals surface area contributed by atoms with Gasteiger partial charge in [-0.05, 0) is 69.2 Å². The number of carbonyl (C=O) groups excluding carboxylic acids is 2. The van der Waals surface area contributed by atoms with Crippen LogP contribution in [0.15, 0.2) is 36.5 Å². The van der Waals surface area contributed by atoms with Crippen LogP contribution in [0.4, 0.5) is 5.69 Å². The Balaban J connectivity index is 1.68. The van der Waals surface area contributed by atoms with Crippen LogP contribution in [0.3, 0.4) is 0 Å². The quantitative estimate of drug-likeness (QED) is 0.0939. The number of nitrogens with one attached hydrogen (secondary N) is 2. The molecule has 236 valence electrons. The Morgan fingerprint density at radius 2 is 1.79 bits per heavy atom. The summed E-state index contributed by atoms with van der Waals surface area (Å²) in [5.74, 6) is 0.156. The van der Waals surface area contributed by atoms with Gasteiger partial charge in [-0.25, -0.2) is 4.68 Å². The van der Waals surface area contributed by atoms with E-state index >= 15 is 0 Å². The fourth-order valence-electron chi connectivity index (χ4n) is 4.58. The molecule has 0 spiro atoms. The zero-order valence-electron chi connectivity index (χ0n) is 26.0. The summed E-state index contributed by atoms with van der Waals surface area (Å²) in [6.45, 7) is 12.8. The molecule has 43 heavy (non-hydrogen) atoms. The van der Waals surface area contributed by atoms with E-state index in [9.17, 15) is 9.59 Å². The Hall–Kier alpha value is -2.31. The summed E-state index contributed by atoms with van der Waals surface area (Å²) in [4.78, 5) is 25.9. The predicted molar refractivity (Wildman–Crippen MR) is 181 cm³/mol. The van der Waals surface area contributed by atoms with Gasteiger partial charge in [0.25, 0.3) is 5.91 Å². The van der Waals surface area contributed by atoms with E-state index in [4.69, 9.17) is 33.0 Å². The van der Waals surface area contributed by atoms with Crippen molar-refractivity contribution in [1.29, 1.82) is 0 Å². The van der Waals surface area contributed by atoms with Crippen LogP contribution in [0.5, 0.6) is 0 Å². The van der Waals surface area contributed by atoms with Gasteiger partial charge in [-0.15, -0.1) is 23.2 Å². The van der Waals surface area contributed by atoms with Crippen LogP contribution in [-0.4, -0.2) is 68.9 Å². The van der Waals surface area contributed by atoms with Crippen LogP contribution in [0.2, 0.25) is 25.7 Å². The molecule has 13 heteroatoms. The number of benzene rings is 1. The van der Waals surface area contributed by atoms with Gasteiger partial charge in [0.2, 0.25) is 5.91 Å². The van der Waals surface area contributed by atoms with Crippen LogP contribution >= 0.6 is 35.0 Å². The number of rotatable bonds is 17. The van der Waals surface area contributed by atoms with Crippen molar-refractivity contribution in [3.05, 3.63) is 53.6 Å². The average Bonchev–Trinajstić information content (AvgIpc) is 3.52. The third-order valence-electron chi connectivity index (χ3n) is 7.03. The molecule has 2 heterocycles. The van der Waals surface area contributed by atoms with Gasteiger partial charge in [-0.1, -0.05) is 31.8 Å². The van der Waals surface area contributed by atoms with E-state index in [1.54, 1.807) is 28.7 Å². The molecule has 0 fully saturated rings. The van der Waals surface area contributed by atoms with E-state index in [0.717, 1.165) is 40.9 Å². The first-order chi connectivity index (χ1) is 20.4. The zero-order chi connectivity index (χ0) is 31.6. The summed E-state index contributed by atoms with van der Waals surface area (Å²) in [6.07, 6.45) is 5.07. The molecule has 3 aromatic rings. The molecular formula is C30H44Cl2N6O3SSi. The molecule has 2 amide bonds. The highest BCUT2D eigenvalue weighted by Gasteiger charge is 2.24. The topological polar surface area (TPSA) is 103 Å². The van der Waals surface area contributed by atoms with Crippen molar-refractivity contribution in [3.63, 3.8) is 0 Å². The van der Waals surface area contributed by atoms with E-state index in [1.807, 2.05) is 49.1 Å². The SMILES string of the molecule is CSCCn1nccc1C(=O)N[C@@H](CCCC(Cl)Cl)C(=O)Nc1ccc(-c2c(C)nn(COCC[Si](C)(C)C)c2C)cc1. The van der Waals surface area contributed by atoms with Crippen molar-refractivity contribution in [1.82, 2.24) is 24.9 Å². The van der Waals surface area contributed by atoms with Crippen LogP contribution in [-0.2, 0) is 22.8 Å². The van der Waals surface area contributed by atoms with Gasteiger partial charge < -0.3 is 15.4 Å². The van der Waals surface area contributed by atoms with Gasteiger partial charge in [-0.2, -0.15) is 22.0 Å². The van der Waals surface area contributed by atoms with Crippen molar-refractivity contribution in [2.24, 2.45) is 0 Å². The summed E-state index contributed by atoms with van der Waals surface area (Å²) in [5, 5.41) is 14.8. The Morgan fingerprint density at radius 1 is 1.07 bits per heavy atom. The smallest absolute Gasteiger partial charge is 0.270 e. The van der Waals surface area contributed by atoms with Gasteiger partial charge in [-0.3, -0.25) is 14.3 Å². The number of nitrogens with zero attached hydrogens (tertiary/aromatic N) is 4. The minimum Gasteiger partial charge on any atom is -0.360 e. The number of carbonyl (C=O) groups is 2. The summed E-state index contributed by atoms with van der Waals surface area (Å²) in [6, 6.07) is 9.64. The molecule has 3 rings (SSSR count). The van der Waals surface area contributed by atoms with Crippen LogP contribution in [0.1, 0.15) is 41.1 Å². The van der Waals surface area contributed by atoms with Gasteiger partial charge in [0, 0.05) is 43.6 Å². The second-order valence-corrected chi connectivity index (χ2v) is 19.6. The summed E-state index contributed by atoms with van der Waals surface area (Å²) in [7, 11) is -1.15. The number of aromatic nitrogens is 4. The van der Waals surface area contributed by atoms with Gasteiger partial charge in [0.05, 0.1) is 12.2 Å². The molecule has 0 saturated heterocycles. The number of thioether (sulfide) groups is 1. The number of hydrogen-bond donors (Lipinski definition) is 2. The lowest BCUT2D eigenvalue weighted by molar-refractivity contribution is -0.118. The molecule has 2 N–H and O–H groups in total. The molecule has 0 unspecified atom stereocenters. The first-order valence-electron chi connectivity index (χ1n) is 14.5. The summed E-state index contributed by atoms with van der Waals surface area (Å²) < 4.78 is 9.47. The highest BCUT2D eigenvalue weighted by molar-refractivity contribution is 7.98. The van der Waals surface area contributed by atoms with E-state index in [1.165, 1.54) is 0 Å². The lowest BCUT2D eigenvalue weighted by Crippen LogP contribution is -2.44. The van der Waals surface area contributed by atoms with Crippen LogP contribution in [0, 0.1) is 13.8 Å². The number of hydrogen-bond acceptors (Lipinski definition) is 6. The fourth-order valence-corrected chi connectivity index (χ4v) is 6.00. The molecule has 1 atom stereocenters. The first kappa shape index (κ1) is 35.2. The molecular weight excluding hydrogens is 623 g/mol. The number of anilines is 1. The standard InChI is InChI=1S/C30H44Cl2N6O3SSi/c1-21-28(22(2)38(36-21)20-41-17-19-43(4,5)6)23-10-12-24(13-11-23)34-29(39)25(8-7-9-27(31)32)35-30(40)26-14-15-33-37(26)16-18-42-3/h10-15,25,27H,7-9,16-20H2,1-6H3,(H,34,39)(H,35,40)/t25-/m0/s1. The van der Waals surface area contributed by atoms with E-state index in [2.05, 4.69) is 35.4 Å². The molecule has 0 aliphatic rings. The van der Waals surface area contributed by atoms with Crippen LogP contribution < -0.4 is 10.6 Å². The lowest BCUT2D eigenvalue weighted by atomic mass is 10.0. The third kappa shape index (κ3) is 11.0. The Labute approximate surface area is 270 Å². The highest BCUT2D eigenvalue weighted by Crippen LogP contribution is 2.28. The first-order valence-corrected chi connectivity index (χ1v) is 20.5. The highest BCUT2D eigenvalue weighted by atomic mass is 35.5. The van der Waals surface area contributed by atoms with Crippen molar-refractivity contribution in [3.8, 4) is 11.1 Å². The number of amides is 2. The lowest BCUT2D eigenvalue weighted by Gasteiger charge is -2.19. The molecule has 1 aromatic carbocycles. The average molecular weight is 668 g/mol. The van der Waals surface area contributed by atoms with Crippen molar-refractivity contribution >= 4 is 60.5 Å². The van der Waals surface area contributed by atoms with Gasteiger partial charge in [0.15, 0.2) is 0 Å². The predicted octanol–water partition coefficient (Wildman–Crippen LogP) is 6.75. The second-order valence-electron chi connectivity index (χ2n) is 11.7. The molecule has 0 saturated carbocycles. The van der Waals surface area contributed by atoms with E-state index < -0.39 is 19.0 Å². The summed E-state index contributed by atoms with van der Waals surface area (Å²) in [5.41, 5.74) is 5.03. The largest absolute Gasteiger partial charge is 0.360 e. The Morgan fingerprint density at radius 3 is 2.44 bits per heavy atom. The van der Waals surface area contributed by atoms with E-state index in [-0.39, 0.29) is 11.8 Å². The zero-order valence-corrected chi connectivity index (χ0v) is 29.3. The van der Waals surface area contributed by atoms with Gasteiger partial charge in [0.1, 0.15) is 23.3 Å². The number of ether oxygens (including phenoxy) is 1. The minimum absolute atomic E-state index is 0.312. The molecule has 0 bridgehead atoms. The van der Waals surface area contributed by atoms with Crippen molar-refractivity contribution in [2.75, 3.05) is 23.9 Å². The minimum atomic E-state index is -1.15. The maximum Gasteiger partial charge on any atom is 0.270 e. The maximum absolute atomic E-state index is 13.4. The Kier molecular flexibility index (Phi) is 13.6. The van der Waals surface area contributed by atoms with Gasteiger partial charge >= 0.3 is 0 Å². The van der Waals surface area contributed by atoms with E-state index in [0.29, 0.717) is 43.9 Å². The molecule has 0 aliphatic heterocycles.